The largest absolute Gasteiger partial charge is 0.310 e. The third-order valence-electron chi connectivity index (χ3n) is 14.0. The second-order valence-corrected chi connectivity index (χ2v) is 26.8. The van der Waals surface area contributed by atoms with E-state index in [1.165, 1.54) is 87.7 Å². The van der Waals surface area contributed by atoms with Crippen LogP contribution in [0.25, 0.3) is 54.6 Å². The van der Waals surface area contributed by atoms with Gasteiger partial charge in [0.25, 0.3) is 0 Å². The molecule has 0 atom stereocenters. The van der Waals surface area contributed by atoms with E-state index in [1.54, 1.807) is 10.4 Å². The van der Waals surface area contributed by atoms with E-state index in [-0.39, 0.29) is 0 Å². The first kappa shape index (κ1) is 36.8. The molecule has 62 heavy (non-hydrogen) atoms. The molecular formula is C58H46N2Si2. The van der Waals surface area contributed by atoms with E-state index < -0.39 is 16.1 Å². The average Bonchev–Trinajstić information content (AvgIpc) is 3.31. The normalized spacial score (nSPS) is 14.1. The van der Waals surface area contributed by atoms with E-state index in [9.17, 15) is 0 Å². The van der Waals surface area contributed by atoms with Crippen LogP contribution >= 0.6 is 0 Å². The molecule has 0 amide bonds. The Morgan fingerprint density at radius 2 is 0.597 bits per heavy atom. The molecule has 0 unspecified atom stereocenters. The molecule has 0 N–H and O–H groups in total. The molecule has 10 aromatic carbocycles. The van der Waals surface area contributed by atoms with Crippen LogP contribution in [0.15, 0.2) is 206 Å². The highest BCUT2D eigenvalue weighted by Gasteiger charge is 2.42. The molecule has 10 aromatic rings. The molecule has 0 saturated carbocycles. The van der Waals surface area contributed by atoms with Crippen molar-refractivity contribution in [2.24, 2.45) is 0 Å². The highest BCUT2D eigenvalue weighted by Crippen LogP contribution is 2.44. The average molecular weight is 827 g/mol. The summed E-state index contributed by atoms with van der Waals surface area (Å²) >= 11 is 0. The molecule has 2 heterocycles. The Kier molecular flexibility index (Phi) is 8.18. The fourth-order valence-electron chi connectivity index (χ4n) is 10.8. The van der Waals surface area contributed by atoms with Crippen molar-refractivity contribution in [3.8, 4) is 22.3 Å². The summed E-state index contributed by atoms with van der Waals surface area (Å²) in [7, 11) is -4.39. The van der Waals surface area contributed by atoms with Crippen molar-refractivity contribution in [2.45, 2.75) is 26.2 Å². The van der Waals surface area contributed by atoms with Crippen molar-refractivity contribution in [1.82, 2.24) is 0 Å². The van der Waals surface area contributed by atoms with Crippen LogP contribution in [0, 0.1) is 0 Å². The first-order valence-electron chi connectivity index (χ1n) is 21.8. The quantitative estimate of drug-likeness (QED) is 0.154. The summed E-state index contributed by atoms with van der Waals surface area (Å²) in [6.45, 7) is 10.3. The number of anilines is 6. The van der Waals surface area contributed by atoms with Crippen LogP contribution in [-0.4, -0.2) is 16.1 Å². The number of hydrogen-bond donors (Lipinski definition) is 0. The van der Waals surface area contributed by atoms with Crippen LogP contribution in [0.3, 0.4) is 0 Å². The zero-order valence-corrected chi connectivity index (χ0v) is 37.5. The SMILES string of the molecule is C[Si]1(C)c2cc(N(c3ccccc3)c3ccc4ccccc4c3)ccc2-c2ccc3c4c(ccc1c24)[Si](C)(C)c1cc(N(c2ccccc2)c2ccc4ccccc4c2)ccc1-3. The van der Waals surface area contributed by atoms with Crippen LogP contribution in [-0.2, 0) is 0 Å². The second-order valence-electron chi connectivity index (χ2n) is 18.2. The van der Waals surface area contributed by atoms with Gasteiger partial charge in [-0.15, -0.1) is 0 Å². The van der Waals surface area contributed by atoms with Gasteiger partial charge in [-0.3, -0.25) is 0 Å². The second kappa shape index (κ2) is 13.8. The van der Waals surface area contributed by atoms with Gasteiger partial charge in [0.2, 0.25) is 0 Å². The van der Waals surface area contributed by atoms with Crippen LogP contribution in [0.1, 0.15) is 0 Å². The van der Waals surface area contributed by atoms with Crippen molar-refractivity contribution < 1.29 is 0 Å². The molecule has 2 aliphatic heterocycles. The Labute approximate surface area is 366 Å². The third-order valence-corrected chi connectivity index (χ3v) is 21.0. The highest BCUT2D eigenvalue weighted by atomic mass is 28.3. The molecule has 0 aliphatic carbocycles. The summed E-state index contributed by atoms with van der Waals surface area (Å²) in [4.78, 5) is 4.87. The van der Waals surface area contributed by atoms with E-state index in [1.807, 2.05) is 0 Å². The Bertz CT molecular complexity index is 3200. The number of rotatable bonds is 6. The van der Waals surface area contributed by atoms with Crippen molar-refractivity contribution in [3.05, 3.63) is 206 Å². The number of fused-ring (bicyclic) bond motifs is 6. The number of nitrogens with zero attached hydrogens (tertiary/aromatic N) is 2. The number of hydrogen-bond acceptors (Lipinski definition) is 2. The molecule has 12 rings (SSSR count). The molecule has 0 spiro atoms. The minimum absolute atomic E-state index is 1.16. The first-order valence-corrected chi connectivity index (χ1v) is 27.8. The van der Waals surface area contributed by atoms with Crippen molar-refractivity contribution in [3.63, 3.8) is 0 Å². The van der Waals surface area contributed by atoms with Gasteiger partial charge >= 0.3 is 0 Å². The monoisotopic (exact) mass is 826 g/mol. The van der Waals surface area contributed by atoms with E-state index in [0.29, 0.717) is 0 Å². The molecule has 0 aromatic heterocycles. The van der Waals surface area contributed by atoms with Crippen molar-refractivity contribution >= 4 is 103 Å². The Morgan fingerprint density at radius 1 is 0.258 bits per heavy atom. The van der Waals surface area contributed by atoms with Crippen LogP contribution < -0.4 is 30.5 Å². The maximum atomic E-state index is 2.57. The molecule has 0 bridgehead atoms. The topological polar surface area (TPSA) is 6.48 Å². The maximum absolute atomic E-state index is 2.57. The molecule has 296 valence electrons. The predicted molar refractivity (Wildman–Crippen MR) is 273 cm³/mol. The lowest BCUT2D eigenvalue weighted by molar-refractivity contribution is 1.29. The van der Waals surface area contributed by atoms with Gasteiger partial charge in [0.15, 0.2) is 0 Å². The molecule has 2 nitrogen and oxygen atoms in total. The standard InChI is InChI=1S/C58H46N2Si2/c1-61(2)53-33-34-54-58-52(50-30-28-48(38-56(50)62(54,3)4)60(44-21-9-6-10-22-44)46-26-24-40-16-12-14-18-42(40)36-46)32-31-51(57(53)58)49-29-27-47(37-55(49)61)59(43-19-7-5-8-20-43)45-25-23-39-15-11-13-17-41(39)35-45/h5-38H,1-4H3. The minimum atomic E-state index is -2.19. The molecule has 2 aliphatic rings. The van der Waals surface area contributed by atoms with Gasteiger partial charge in [-0.1, -0.05) is 160 Å². The van der Waals surface area contributed by atoms with E-state index in [2.05, 4.69) is 242 Å². The van der Waals surface area contributed by atoms with Gasteiger partial charge in [-0.2, -0.15) is 0 Å². The fraction of sp³-hybridized carbons (Fsp3) is 0.0690. The number of para-hydroxylation sites is 2. The van der Waals surface area contributed by atoms with E-state index in [0.717, 1.165) is 11.4 Å². The first-order chi connectivity index (χ1) is 30.3. The lowest BCUT2D eigenvalue weighted by atomic mass is 9.90. The minimum Gasteiger partial charge on any atom is -0.310 e. The summed E-state index contributed by atoms with van der Waals surface area (Å²) in [5.41, 5.74) is 12.6. The Balaban J connectivity index is 1.01. The Hall–Kier alpha value is -6.99. The fourth-order valence-corrected chi connectivity index (χ4v) is 17.0. The summed E-state index contributed by atoms with van der Waals surface area (Å²) in [5.74, 6) is 0. The lowest BCUT2D eigenvalue weighted by Crippen LogP contribution is -2.59. The third kappa shape index (κ3) is 5.53. The van der Waals surface area contributed by atoms with Crippen molar-refractivity contribution in [2.75, 3.05) is 9.80 Å². The maximum Gasteiger partial charge on any atom is 0.113 e. The molecule has 0 fully saturated rings. The lowest BCUT2D eigenvalue weighted by Gasteiger charge is -2.40. The van der Waals surface area contributed by atoms with Gasteiger partial charge in [0.1, 0.15) is 16.1 Å². The molecular weight excluding hydrogens is 781 g/mol. The van der Waals surface area contributed by atoms with Crippen molar-refractivity contribution in [1.29, 1.82) is 0 Å². The number of benzene rings is 10. The zero-order chi connectivity index (χ0) is 41.7. The smallest absolute Gasteiger partial charge is 0.113 e. The Morgan fingerprint density at radius 3 is 1.02 bits per heavy atom. The van der Waals surface area contributed by atoms with E-state index in [4.69, 9.17) is 0 Å². The zero-order valence-electron chi connectivity index (χ0n) is 35.5. The summed E-state index contributed by atoms with van der Waals surface area (Å²) in [5, 5.41) is 14.1. The molecule has 4 heteroatoms. The van der Waals surface area contributed by atoms with Gasteiger partial charge in [-0.05, 0) is 148 Å². The van der Waals surface area contributed by atoms with Gasteiger partial charge < -0.3 is 9.80 Å². The highest BCUT2D eigenvalue weighted by molar-refractivity contribution is 7.05. The van der Waals surface area contributed by atoms with Gasteiger partial charge in [0.05, 0.1) is 0 Å². The molecule has 0 saturated heterocycles. The van der Waals surface area contributed by atoms with Crippen LogP contribution in [0.2, 0.25) is 26.2 Å². The summed E-state index contributed by atoms with van der Waals surface area (Å²) < 4.78 is 0. The summed E-state index contributed by atoms with van der Waals surface area (Å²) in [6, 6.07) is 77.3. The van der Waals surface area contributed by atoms with E-state index >= 15 is 0 Å². The predicted octanol–water partition coefficient (Wildman–Crippen LogP) is 13.7. The van der Waals surface area contributed by atoms with Crippen LogP contribution in [0.5, 0.6) is 0 Å². The van der Waals surface area contributed by atoms with Gasteiger partial charge in [-0.25, -0.2) is 0 Å². The van der Waals surface area contributed by atoms with Crippen LogP contribution in [0.4, 0.5) is 34.1 Å². The van der Waals surface area contributed by atoms with Gasteiger partial charge in [0, 0.05) is 34.1 Å². The molecule has 0 radical (unpaired) electrons. The summed E-state index contributed by atoms with van der Waals surface area (Å²) in [6.07, 6.45) is 0.